The van der Waals surface area contributed by atoms with Crippen molar-refractivity contribution in [3.8, 4) is 0 Å². The van der Waals surface area contributed by atoms with E-state index in [0.29, 0.717) is 0 Å². The molecular weight excluding hydrogens is 237 g/mol. The summed E-state index contributed by atoms with van der Waals surface area (Å²) in [6, 6.07) is 0. The molecule has 0 aliphatic carbocycles. The molecule has 0 fully saturated rings. The molecule has 0 aromatic rings. The molecule has 0 heterocycles. The zero-order valence-corrected chi connectivity index (χ0v) is 11.7. The van der Waals surface area contributed by atoms with Gasteiger partial charge in [0.2, 0.25) is 0 Å². The molecule has 0 bridgehead atoms. The van der Waals surface area contributed by atoms with Crippen LogP contribution in [-0.2, 0) is 3.80 Å². The van der Waals surface area contributed by atoms with Crippen LogP contribution in [0.1, 0.15) is 0 Å². The Hall–Kier alpha value is -0.458. The second-order valence-corrected chi connectivity index (χ2v) is 4.03. The summed E-state index contributed by atoms with van der Waals surface area (Å²) in [6.07, 6.45) is 7.76. The van der Waals surface area contributed by atoms with Gasteiger partial charge in [-0.3, -0.25) is 0 Å². The van der Waals surface area contributed by atoms with Crippen LogP contribution in [0.4, 0.5) is 0 Å². The Morgan fingerprint density at radius 1 is 0.875 bits per heavy atom. The molecule has 0 unspecified atom stereocenters. The van der Waals surface area contributed by atoms with E-state index in [1.807, 2.05) is 24.3 Å². The molecule has 88 valence electrons. The van der Waals surface area contributed by atoms with Crippen molar-refractivity contribution in [2.45, 2.75) is 0 Å². The first-order chi connectivity index (χ1) is 7.66. The third-order valence-electron chi connectivity index (χ3n) is 2.07. The molecule has 0 spiro atoms. The van der Waals surface area contributed by atoms with Crippen molar-refractivity contribution in [2.75, 3.05) is 26.2 Å². The van der Waals surface area contributed by atoms with Crippen LogP contribution in [-0.4, -0.2) is 44.9 Å². The van der Waals surface area contributed by atoms with Crippen LogP contribution in [0.15, 0.2) is 50.6 Å². The first-order valence-corrected chi connectivity index (χ1v) is 7.20. The monoisotopic (exact) mass is 256 g/mol. The summed E-state index contributed by atoms with van der Waals surface area (Å²) in [5, 5.41) is 0. The number of hydrogen-bond acceptors (Lipinski definition) is 1. The molecule has 4 heteroatoms. The average Bonchev–Trinajstić information content (AvgIpc) is 2.20. The number of rotatable bonds is 8. The van der Waals surface area contributed by atoms with Gasteiger partial charge in [-0.1, -0.05) is 26.3 Å². The predicted octanol–water partition coefficient (Wildman–Crippen LogP) is 2.74. The van der Waals surface area contributed by atoms with Gasteiger partial charge in [0.05, 0.1) is 26.2 Å². The first kappa shape index (κ1) is 17.9. The molecule has 0 N–H and O–H groups in total. The van der Waals surface area contributed by atoms with Crippen molar-refractivity contribution in [1.82, 2.24) is 0 Å². The van der Waals surface area contributed by atoms with Crippen molar-refractivity contribution in [2.24, 2.45) is 0 Å². The standard InChI is InChI=1S/C12H20N.Al.ClH.O/c1-5-9-13(10-6-2,11-7-3)12-8-4;;;/h5-8H,1-4,9-12H2;;1H;/q2*+1;;/p-1. The number of halogens is 1. The molecule has 0 amide bonds. The van der Waals surface area contributed by atoms with Crippen LogP contribution in [0.5, 0.6) is 0 Å². The van der Waals surface area contributed by atoms with E-state index >= 15 is 0 Å². The molecule has 16 heavy (non-hydrogen) atoms. The fourth-order valence-electron chi connectivity index (χ4n) is 1.54. The second-order valence-electron chi connectivity index (χ2n) is 3.32. The van der Waals surface area contributed by atoms with E-state index in [-0.39, 0.29) is 0 Å². The van der Waals surface area contributed by atoms with E-state index in [9.17, 15) is 0 Å². The van der Waals surface area contributed by atoms with Crippen molar-refractivity contribution in [3.05, 3.63) is 50.6 Å². The fraction of sp³-hybridized carbons (Fsp3) is 0.333. The average molecular weight is 257 g/mol. The molecule has 0 rings (SSSR count). The molecule has 0 atom stereocenters. The quantitative estimate of drug-likeness (QED) is 0.371. The summed E-state index contributed by atoms with van der Waals surface area (Å²) >= 11 is -1.03. The Balaban J connectivity index is 0. The Labute approximate surface area is 109 Å². The Morgan fingerprint density at radius 3 is 1.19 bits per heavy atom. The van der Waals surface area contributed by atoms with Gasteiger partial charge in [0.25, 0.3) is 0 Å². The van der Waals surface area contributed by atoms with E-state index in [1.54, 1.807) is 0 Å². The minimum atomic E-state index is -1.03. The molecule has 2 nitrogen and oxygen atoms in total. The third-order valence-corrected chi connectivity index (χ3v) is 2.07. The van der Waals surface area contributed by atoms with Crippen LogP contribution in [0.25, 0.3) is 0 Å². The van der Waals surface area contributed by atoms with Crippen LogP contribution >= 0.6 is 10.0 Å². The molecule has 0 saturated carbocycles. The van der Waals surface area contributed by atoms with Crippen LogP contribution < -0.4 is 0 Å². The molecule has 0 aromatic heterocycles. The van der Waals surface area contributed by atoms with E-state index in [2.05, 4.69) is 36.4 Å². The van der Waals surface area contributed by atoms with Gasteiger partial charge in [-0.05, 0) is 24.3 Å². The van der Waals surface area contributed by atoms with Crippen molar-refractivity contribution in [1.29, 1.82) is 0 Å². The second kappa shape index (κ2) is 12.6. The Kier molecular flexibility index (Phi) is 14.1. The Morgan fingerprint density at radius 2 is 1.06 bits per heavy atom. The van der Waals surface area contributed by atoms with Crippen LogP contribution in [0.2, 0.25) is 0 Å². The summed E-state index contributed by atoms with van der Waals surface area (Å²) < 4.78 is 9.68. The van der Waals surface area contributed by atoms with Crippen molar-refractivity contribution in [3.63, 3.8) is 0 Å². The number of nitrogens with zero attached hydrogens (tertiary/aromatic N) is 1. The molecule has 0 aromatic carbocycles. The van der Waals surface area contributed by atoms with Crippen molar-refractivity contribution >= 4 is 24.3 Å². The summed E-state index contributed by atoms with van der Waals surface area (Å²) in [6.45, 7) is 18.8. The van der Waals surface area contributed by atoms with Gasteiger partial charge in [-0.25, -0.2) is 0 Å². The van der Waals surface area contributed by atoms with Gasteiger partial charge in [-0.2, -0.15) is 0 Å². The summed E-state index contributed by atoms with van der Waals surface area (Å²) in [4.78, 5) is 0. The molecule has 0 saturated heterocycles. The van der Waals surface area contributed by atoms with E-state index < -0.39 is 14.2 Å². The summed E-state index contributed by atoms with van der Waals surface area (Å²) in [5.41, 5.74) is 0. The fourth-order valence-corrected chi connectivity index (χ4v) is 1.54. The number of quaternary nitrogens is 1. The molecular formula is C12H20AlClNO+. The predicted molar refractivity (Wildman–Crippen MR) is 72.8 cm³/mol. The number of hydrogen-bond donors (Lipinski definition) is 0. The molecule has 0 aliphatic heterocycles. The maximum atomic E-state index is 8.78. The van der Waals surface area contributed by atoms with Crippen LogP contribution in [0, 0.1) is 0 Å². The van der Waals surface area contributed by atoms with E-state index in [4.69, 9.17) is 3.80 Å². The third kappa shape index (κ3) is 8.82. The topological polar surface area (TPSA) is 17.1 Å². The molecule has 0 aliphatic rings. The first-order valence-electron chi connectivity index (χ1n) is 4.98. The summed E-state index contributed by atoms with van der Waals surface area (Å²) in [5.74, 6) is 0. The van der Waals surface area contributed by atoms with Gasteiger partial charge < -0.3 is 4.48 Å². The zero-order valence-electron chi connectivity index (χ0n) is 9.78. The van der Waals surface area contributed by atoms with Crippen LogP contribution in [0.3, 0.4) is 0 Å². The molecule has 0 radical (unpaired) electrons. The van der Waals surface area contributed by atoms with Gasteiger partial charge in [0.15, 0.2) is 0 Å². The maximum absolute atomic E-state index is 8.78. The summed E-state index contributed by atoms with van der Waals surface area (Å²) in [7, 11) is 4.53. The Bertz CT molecular complexity index is 196. The van der Waals surface area contributed by atoms with E-state index in [1.165, 1.54) is 0 Å². The van der Waals surface area contributed by atoms with Gasteiger partial charge in [-0.15, -0.1) is 0 Å². The zero-order chi connectivity index (χ0) is 12.9. The normalized spacial score (nSPS) is 9.06. The van der Waals surface area contributed by atoms with E-state index in [0.717, 1.165) is 30.7 Å². The SMILES string of the molecule is C=CC[N+](CC=C)(CC=C)CC=C.[O]=[Al][Cl]. The minimum absolute atomic E-state index is 0.903. The van der Waals surface area contributed by atoms with Crippen molar-refractivity contribution < 1.29 is 8.29 Å². The van der Waals surface area contributed by atoms with Gasteiger partial charge in [0.1, 0.15) is 0 Å². The van der Waals surface area contributed by atoms with Gasteiger partial charge in [0, 0.05) is 0 Å². The van der Waals surface area contributed by atoms with Gasteiger partial charge >= 0.3 is 28.1 Å².